The number of ether oxygens (including phenoxy) is 1. The summed E-state index contributed by atoms with van der Waals surface area (Å²) in [6.07, 6.45) is 0. The summed E-state index contributed by atoms with van der Waals surface area (Å²) in [4.78, 5) is 6.59. The Bertz CT molecular complexity index is 964. The van der Waals surface area contributed by atoms with Crippen LogP contribution in [0.4, 0.5) is 0 Å². The highest BCUT2D eigenvalue weighted by Crippen LogP contribution is 2.36. The number of aliphatic imine (C=N–C) groups is 1. The zero-order valence-corrected chi connectivity index (χ0v) is 16.0. The Morgan fingerprint density at radius 1 is 1.26 bits per heavy atom. The number of fused-ring (bicyclic) bond motifs is 1. The zero-order valence-electron chi connectivity index (χ0n) is 15.2. The van der Waals surface area contributed by atoms with Crippen LogP contribution in [-0.4, -0.2) is 47.7 Å². The molecule has 27 heavy (non-hydrogen) atoms. The predicted molar refractivity (Wildman–Crippen MR) is 110 cm³/mol. The molecule has 0 saturated carbocycles. The molecule has 2 aromatic carbocycles. The highest BCUT2D eigenvalue weighted by atomic mass is 32.2. The molecule has 1 aliphatic rings. The molecule has 4 rings (SSSR count). The number of guanidine groups is 1. The molecule has 3 aromatic rings. The minimum absolute atomic E-state index is 0.371. The van der Waals surface area contributed by atoms with Crippen molar-refractivity contribution in [1.82, 2.24) is 10.1 Å². The van der Waals surface area contributed by atoms with Gasteiger partial charge in [0, 0.05) is 30.7 Å². The largest absolute Gasteiger partial charge is 0.496 e. The third-order valence-corrected chi connectivity index (χ3v) is 5.60. The second kappa shape index (κ2) is 7.92. The summed E-state index contributed by atoms with van der Waals surface area (Å²) in [5, 5.41) is 6.46. The third kappa shape index (κ3) is 3.73. The average molecular weight is 382 g/mol. The van der Waals surface area contributed by atoms with Crippen molar-refractivity contribution in [2.24, 2.45) is 10.7 Å². The Balaban J connectivity index is 1.60. The quantitative estimate of drug-likeness (QED) is 0.551. The maximum absolute atomic E-state index is 6.12. The van der Waals surface area contributed by atoms with Crippen LogP contribution in [0.5, 0.6) is 5.75 Å². The molecule has 0 unspecified atom stereocenters. The molecule has 0 spiro atoms. The van der Waals surface area contributed by atoms with Crippen LogP contribution in [0.1, 0.15) is 5.76 Å². The maximum atomic E-state index is 6.12. The molecule has 0 aliphatic carbocycles. The Hall–Kier alpha value is -2.67. The zero-order chi connectivity index (χ0) is 18.6. The van der Waals surface area contributed by atoms with E-state index in [1.807, 2.05) is 42.1 Å². The van der Waals surface area contributed by atoms with Crippen LogP contribution < -0.4 is 10.5 Å². The van der Waals surface area contributed by atoms with Gasteiger partial charge in [0.15, 0.2) is 11.7 Å². The van der Waals surface area contributed by atoms with E-state index < -0.39 is 0 Å². The van der Waals surface area contributed by atoms with Gasteiger partial charge < -0.3 is 19.9 Å². The standard InChI is InChI=1S/C20H22N4O2S/c1-25-18-7-6-14-4-2-3-5-16(14)19(18)17-12-15(26-23-17)13-22-20(21)24-8-10-27-11-9-24/h2-7,12H,8-11,13H2,1H3,(H2,21,22). The van der Waals surface area contributed by atoms with Gasteiger partial charge in [-0.2, -0.15) is 11.8 Å². The SMILES string of the molecule is COc1ccc2ccccc2c1-c1cc(CN=C(N)N2CCSCC2)on1. The number of nitrogens with two attached hydrogens (primary N) is 1. The van der Waals surface area contributed by atoms with Crippen LogP contribution in [0.2, 0.25) is 0 Å². The van der Waals surface area contributed by atoms with Gasteiger partial charge in [0.05, 0.1) is 12.7 Å². The number of hydrogen-bond acceptors (Lipinski definition) is 5. The smallest absolute Gasteiger partial charge is 0.191 e. The maximum Gasteiger partial charge on any atom is 0.191 e. The van der Waals surface area contributed by atoms with Crippen molar-refractivity contribution < 1.29 is 9.26 Å². The van der Waals surface area contributed by atoms with Crippen LogP contribution in [-0.2, 0) is 6.54 Å². The van der Waals surface area contributed by atoms with Gasteiger partial charge in [0.1, 0.15) is 18.0 Å². The summed E-state index contributed by atoms with van der Waals surface area (Å²) in [6, 6.07) is 14.1. The molecule has 1 aromatic heterocycles. The molecule has 1 fully saturated rings. The fraction of sp³-hybridized carbons (Fsp3) is 0.300. The van der Waals surface area contributed by atoms with Crippen molar-refractivity contribution in [1.29, 1.82) is 0 Å². The number of hydrogen-bond donors (Lipinski definition) is 1. The minimum atomic E-state index is 0.371. The lowest BCUT2D eigenvalue weighted by atomic mass is 10.0. The molecular weight excluding hydrogens is 360 g/mol. The summed E-state index contributed by atoms with van der Waals surface area (Å²) >= 11 is 1.94. The van der Waals surface area contributed by atoms with E-state index in [2.05, 4.69) is 27.2 Å². The molecule has 1 saturated heterocycles. The normalized spacial score (nSPS) is 15.3. The van der Waals surface area contributed by atoms with E-state index in [0.29, 0.717) is 18.3 Å². The van der Waals surface area contributed by atoms with Crippen LogP contribution in [0.15, 0.2) is 52.0 Å². The summed E-state index contributed by atoms with van der Waals surface area (Å²) in [5.41, 5.74) is 7.78. The van der Waals surface area contributed by atoms with Crippen LogP contribution >= 0.6 is 11.8 Å². The van der Waals surface area contributed by atoms with Crippen molar-refractivity contribution in [3.63, 3.8) is 0 Å². The van der Waals surface area contributed by atoms with Gasteiger partial charge >= 0.3 is 0 Å². The van der Waals surface area contributed by atoms with E-state index in [4.69, 9.17) is 15.0 Å². The van der Waals surface area contributed by atoms with Gasteiger partial charge in [-0.25, -0.2) is 4.99 Å². The molecule has 0 bridgehead atoms. The van der Waals surface area contributed by atoms with Gasteiger partial charge in [-0.1, -0.05) is 35.5 Å². The third-order valence-electron chi connectivity index (χ3n) is 4.66. The molecule has 2 N–H and O–H groups in total. The van der Waals surface area contributed by atoms with Crippen molar-refractivity contribution in [3.05, 3.63) is 48.2 Å². The second-order valence-electron chi connectivity index (χ2n) is 6.32. The van der Waals surface area contributed by atoms with Gasteiger partial charge in [0.2, 0.25) is 0 Å². The number of nitrogens with zero attached hydrogens (tertiary/aromatic N) is 3. The van der Waals surface area contributed by atoms with Gasteiger partial charge in [-0.3, -0.25) is 0 Å². The van der Waals surface area contributed by atoms with E-state index in [1.165, 1.54) is 0 Å². The molecule has 0 radical (unpaired) electrons. The number of methoxy groups -OCH3 is 1. The highest BCUT2D eigenvalue weighted by Gasteiger charge is 2.16. The Morgan fingerprint density at radius 3 is 2.89 bits per heavy atom. The monoisotopic (exact) mass is 382 g/mol. The molecule has 7 heteroatoms. The lowest BCUT2D eigenvalue weighted by Gasteiger charge is -2.27. The molecule has 0 atom stereocenters. The van der Waals surface area contributed by atoms with E-state index >= 15 is 0 Å². The summed E-state index contributed by atoms with van der Waals surface area (Å²) in [5.74, 6) is 4.18. The first kappa shape index (κ1) is 17.7. The average Bonchev–Trinajstić information content (AvgIpc) is 3.20. The van der Waals surface area contributed by atoms with Gasteiger partial charge in [0.25, 0.3) is 0 Å². The molecule has 140 valence electrons. The first-order valence-electron chi connectivity index (χ1n) is 8.90. The molecule has 1 aliphatic heterocycles. The van der Waals surface area contributed by atoms with E-state index in [-0.39, 0.29) is 0 Å². The second-order valence-corrected chi connectivity index (χ2v) is 7.54. The Labute approximate surface area is 162 Å². The first-order valence-corrected chi connectivity index (χ1v) is 10.1. The number of benzene rings is 2. The van der Waals surface area contributed by atoms with Gasteiger partial charge in [-0.05, 0) is 16.8 Å². The number of aromatic nitrogens is 1. The van der Waals surface area contributed by atoms with Crippen molar-refractivity contribution in [2.75, 3.05) is 31.7 Å². The number of thioether (sulfide) groups is 1. The predicted octanol–water partition coefficient (Wildman–Crippen LogP) is 3.37. The summed E-state index contributed by atoms with van der Waals surface area (Å²) in [7, 11) is 1.66. The van der Waals surface area contributed by atoms with Crippen LogP contribution in [0.25, 0.3) is 22.0 Å². The fourth-order valence-electron chi connectivity index (χ4n) is 3.24. The minimum Gasteiger partial charge on any atom is -0.496 e. The molecule has 2 heterocycles. The van der Waals surface area contributed by atoms with Crippen LogP contribution in [0, 0.1) is 0 Å². The lowest BCUT2D eigenvalue weighted by Crippen LogP contribution is -2.42. The Kier molecular flexibility index (Phi) is 5.20. The van der Waals surface area contributed by atoms with E-state index in [1.54, 1.807) is 7.11 Å². The van der Waals surface area contributed by atoms with Crippen LogP contribution in [0.3, 0.4) is 0 Å². The van der Waals surface area contributed by atoms with Crippen molar-refractivity contribution in [3.8, 4) is 17.0 Å². The van der Waals surface area contributed by atoms with E-state index in [0.717, 1.165) is 52.4 Å². The number of rotatable bonds is 4. The van der Waals surface area contributed by atoms with Crippen molar-refractivity contribution >= 4 is 28.5 Å². The lowest BCUT2D eigenvalue weighted by molar-refractivity contribution is 0.384. The topological polar surface area (TPSA) is 76.9 Å². The summed E-state index contributed by atoms with van der Waals surface area (Å²) in [6.45, 7) is 2.25. The van der Waals surface area contributed by atoms with Crippen molar-refractivity contribution in [2.45, 2.75) is 6.54 Å². The molecule has 0 amide bonds. The van der Waals surface area contributed by atoms with Gasteiger partial charge in [-0.15, -0.1) is 0 Å². The van der Waals surface area contributed by atoms with E-state index in [9.17, 15) is 0 Å². The fourth-order valence-corrected chi connectivity index (χ4v) is 4.15. The first-order chi connectivity index (χ1) is 13.3. The summed E-state index contributed by atoms with van der Waals surface area (Å²) < 4.78 is 11.1. The highest BCUT2D eigenvalue weighted by molar-refractivity contribution is 7.99. The molecular formula is C20H22N4O2S. The Morgan fingerprint density at radius 2 is 2.07 bits per heavy atom. The molecule has 6 nitrogen and oxygen atoms in total.